The molecular formula is C20H16N4O2. The number of rotatable bonds is 3. The molecule has 0 bridgehead atoms. The Bertz CT molecular complexity index is 1120. The Labute approximate surface area is 149 Å². The van der Waals surface area contributed by atoms with Gasteiger partial charge in [-0.25, -0.2) is 9.67 Å². The monoisotopic (exact) mass is 344 g/mol. The number of phenolic OH excluding ortho intramolecular Hbond substituents is 1. The van der Waals surface area contributed by atoms with Gasteiger partial charge in [0.25, 0.3) is 5.91 Å². The van der Waals surface area contributed by atoms with Crippen LogP contribution in [0, 0.1) is 6.92 Å². The fourth-order valence-electron chi connectivity index (χ4n) is 2.81. The SMILES string of the molecule is Cc1c(C(=O)Nc2ccccc2O)cnn1-c1ccc2ccccc2n1. The molecule has 6 heteroatoms. The molecule has 0 saturated carbocycles. The van der Waals surface area contributed by atoms with Gasteiger partial charge in [-0.1, -0.05) is 30.3 Å². The van der Waals surface area contributed by atoms with Gasteiger partial charge in [-0.15, -0.1) is 0 Å². The molecule has 0 saturated heterocycles. The van der Waals surface area contributed by atoms with Gasteiger partial charge in [-0.3, -0.25) is 4.79 Å². The Morgan fingerprint density at radius 3 is 2.65 bits per heavy atom. The highest BCUT2D eigenvalue weighted by Gasteiger charge is 2.17. The summed E-state index contributed by atoms with van der Waals surface area (Å²) in [5, 5.41) is 17.9. The van der Waals surface area contributed by atoms with E-state index in [9.17, 15) is 9.90 Å². The molecule has 4 aromatic rings. The van der Waals surface area contributed by atoms with E-state index in [1.165, 1.54) is 12.3 Å². The van der Waals surface area contributed by atoms with Crippen LogP contribution in [0.3, 0.4) is 0 Å². The lowest BCUT2D eigenvalue weighted by Crippen LogP contribution is -2.13. The first-order valence-corrected chi connectivity index (χ1v) is 8.13. The number of carbonyl (C=O) groups excluding carboxylic acids is 1. The van der Waals surface area contributed by atoms with Crippen molar-refractivity contribution in [2.45, 2.75) is 6.92 Å². The molecule has 2 aromatic heterocycles. The summed E-state index contributed by atoms with van der Waals surface area (Å²) in [5.41, 5.74) is 2.30. The molecule has 0 unspecified atom stereocenters. The summed E-state index contributed by atoms with van der Waals surface area (Å²) in [6, 6.07) is 18.3. The van der Waals surface area contributed by atoms with Crippen molar-refractivity contribution in [3.05, 3.63) is 78.1 Å². The third-order valence-corrected chi connectivity index (χ3v) is 4.21. The number of fused-ring (bicyclic) bond motifs is 1. The molecule has 2 aromatic carbocycles. The Hall–Kier alpha value is -3.67. The molecule has 0 atom stereocenters. The first kappa shape index (κ1) is 15.8. The smallest absolute Gasteiger partial charge is 0.259 e. The van der Waals surface area contributed by atoms with Gasteiger partial charge in [0, 0.05) is 5.39 Å². The second-order valence-corrected chi connectivity index (χ2v) is 5.89. The lowest BCUT2D eigenvalue weighted by Gasteiger charge is -2.08. The van der Waals surface area contributed by atoms with E-state index in [1.54, 1.807) is 22.9 Å². The number of anilines is 1. The number of aromatic hydroxyl groups is 1. The molecule has 0 aliphatic carbocycles. The van der Waals surface area contributed by atoms with Gasteiger partial charge in [0.05, 0.1) is 28.7 Å². The van der Waals surface area contributed by atoms with Crippen LogP contribution in [0.15, 0.2) is 66.9 Å². The molecule has 1 amide bonds. The van der Waals surface area contributed by atoms with Crippen LogP contribution < -0.4 is 5.32 Å². The van der Waals surface area contributed by atoms with Crippen LogP contribution in [0.5, 0.6) is 5.75 Å². The number of nitrogens with one attached hydrogen (secondary N) is 1. The van der Waals surface area contributed by atoms with E-state index in [4.69, 9.17) is 0 Å². The maximum absolute atomic E-state index is 12.5. The minimum Gasteiger partial charge on any atom is -0.506 e. The van der Waals surface area contributed by atoms with E-state index < -0.39 is 0 Å². The van der Waals surface area contributed by atoms with E-state index in [2.05, 4.69) is 15.4 Å². The van der Waals surface area contributed by atoms with E-state index in [-0.39, 0.29) is 11.7 Å². The summed E-state index contributed by atoms with van der Waals surface area (Å²) in [7, 11) is 0. The zero-order valence-corrected chi connectivity index (χ0v) is 14.0. The molecule has 0 aliphatic rings. The molecule has 2 N–H and O–H groups in total. The quantitative estimate of drug-likeness (QED) is 0.556. The first-order valence-electron chi connectivity index (χ1n) is 8.13. The normalized spacial score (nSPS) is 10.8. The van der Waals surface area contributed by atoms with Crippen molar-refractivity contribution < 1.29 is 9.90 Å². The average molecular weight is 344 g/mol. The lowest BCUT2D eigenvalue weighted by molar-refractivity contribution is 0.102. The molecule has 2 heterocycles. The molecule has 26 heavy (non-hydrogen) atoms. The number of benzene rings is 2. The van der Waals surface area contributed by atoms with Crippen molar-refractivity contribution >= 4 is 22.5 Å². The van der Waals surface area contributed by atoms with Crippen molar-refractivity contribution in [1.82, 2.24) is 14.8 Å². The third-order valence-electron chi connectivity index (χ3n) is 4.21. The molecule has 6 nitrogen and oxygen atoms in total. The van der Waals surface area contributed by atoms with Crippen molar-refractivity contribution in [3.63, 3.8) is 0 Å². The van der Waals surface area contributed by atoms with Crippen LogP contribution in [0.25, 0.3) is 16.7 Å². The number of para-hydroxylation sites is 3. The number of carbonyl (C=O) groups is 1. The molecule has 4 rings (SSSR count). The van der Waals surface area contributed by atoms with Crippen LogP contribution in [0.1, 0.15) is 16.1 Å². The Kier molecular flexibility index (Phi) is 3.85. The number of amides is 1. The van der Waals surface area contributed by atoms with Gasteiger partial charge >= 0.3 is 0 Å². The summed E-state index contributed by atoms with van der Waals surface area (Å²) in [5.74, 6) is 0.320. The van der Waals surface area contributed by atoms with Gasteiger partial charge in [0.1, 0.15) is 5.75 Å². The van der Waals surface area contributed by atoms with Crippen molar-refractivity contribution in [2.24, 2.45) is 0 Å². The van der Waals surface area contributed by atoms with Crippen LogP contribution >= 0.6 is 0 Å². The molecule has 0 aliphatic heterocycles. The van der Waals surface area contributed by atoms with E-state index >= 15 is 0 Å². The zero-order chi connectivity index (χ0) is 18.1. The predicted molar refractivity (Wildman–Crippen MR) is 99.7 cm³/mol. The highest BCUT2D eigenvalue weighted by molar-refractivity contribution is 6.05. The Morgan fingerprint density at radius 1 is 1.04 bits per heavy atom. The molecule has 0 fully saturated rings. The molecular weight excluding hydrogens is 328 g/mol. The number of aromatic nitrogens is 3. The van der Waals surface area contributed by atoms with Crippen LogP contribution in [-0.2, 0) is 0 Å². The Balaban J connectivity index is 1.67. The topological polar surface area (TPSA) is 80.0 Å². The summed E-state index contributed by atoms with van der Waals surface area (Å²) in [6.45, 7) is 1.81. The zero-order valence-electron chi connectivity index (χ0n) is 14.0. The van der Waals surface area contributed by atoms with Gasteiger partial charge < -0.3 is 10.4 Å². The summed E-state index contributed by atoms with van der Waals surface area (Å²) in [6.07, 6.45) is 1.50. The summed E-state index contributed by atoms with van der Waals surface area (Å²) < 4.78 is 1.63. The van der Waals surface area contributed by atoms with Gasteiger partial charge in [0.15, 0.2) is 5.82 Å². The number of pyridine rings is 1. The van der Waals surface area contributed by atoms with E-state index in [0.717, 1.165) is 10.9 Å². The van der Waals surface area contributed by atoms with Gasteiger partial charge in [-0.05, 0) is 37.3 Å². The molecule has 128 valence electrons. The Morgan fingerprint density at radius 2 is 1.81 bits per heavy atom. The summed E-state index contributed by atoms with van der Waals surface area (Å²) >= 11 is 0. The fraction of sp³-hybridized carbons (Fsp3) is 0.0500. The number of hydrogen-bond acceptors (Lipinski definition) is 4. The van der Waals surface area contributed by atoms with E-state index in [1.807, 2.05) is 43.3 Å². The van der Waals surface area contributed by atoms with Crippen LogP contribution in [0.2, 0.25) is 0 Å². The van der Waals surface area contributed by atoms with Gasteiger partial charge in [-0.2, -0.15) is 5.10 Å². The largest absolute Gasteiger partial charge is 0.506 e. The van der Waals surface area contributed by atoms with Crippen molar-refractivity contribution in [1.29, 1.82) is 0 Å². The maximum atomic E-state index is 12.5. The lowest BCUT2D eigenvalue weighted by atomic mass is 10.2. The highest BCUT2D eigenvalue weighted by atomic mass is 16.3. The summed E-state index contributed by atoms with van der Waals surface area (Å²) in [4.78, 5) is 17.2. The van der Waals surface area contributed by atoms with Crippen molar-refractivity contribution in [2.75, 3.05) is 5.32 Å². The van der Waals surface area contributed by atoms with Gasteiger partial charge in [0.2, 0.25) is 0 Å². The van der Waals surface area contributed by atoms with Crippen LogP contribution in [-0.4, -0.2) is 25.8 Å². The average Bonchev–Trinajstić information content (AvgIpc) is 3.05. The number of nitrogens with zero attached hydrogens (tertiary/aromatic N) is 3. The maximum Gasteiger partial charge on any atom is 0.259 e. The van der Waals surface area contributed by atoms with Crippen molar-refractivity contribution in [3.8, 4) is 11.6 Å². The third kappa shape index (κ3) is 2.77. The predicted octanol–water partition coefficient (Wildman–Crippen LogP) is 3.69. The highest BCUT2D eigenvalue weighted by Crippen LogP contribution is 2.23. The molecule has 0 radical (unpaired) electrons. The first-order chi connectivity index (χ1) is 12.6. The second kappa shape index (κ2) is 6.33. The minimum absolute atomic E-state index is 0.0158. The molecule has 0 spiro atoms. The van der Waals surface area contributed by atoms with E-state index in [0.29, 0.717) is 22.8 Å². The second-order valence-electron chi connectivity index (χ2n) is 5.89. The number of phenols is 1. The standard InChI is InChI=1S/C20H16N4O2/c1-13-15(20(26)23-17-8-4-5-9-18(17)25)12-21-24(13)19-11-10-14-6-2-3-7-16(14)22-19/h2-12,25H,1H3,(H,23,26). The van der Waals surface area contributed by atoms with Crippen LogP contribution in [0.4, 0.5) is 5.69 Å². The minimum atomic E-state index is -0.337. The fourth-order valence-corrected chi connectivity index (χ4v) is 2.81. The number of hydrogen-bond donors (Lipinski definition) is 2.